The lowest BCUT2D eigenvalue weighted by atomic mass is 10.0. The lowest BCUT2D eigenvalue weighted by Crippen LogP contribution is -2.51. The second-order valence-corrected chi connectivity index (χ2v) is 6.94. The second kappa shape index (κ2) is 6.63. The molecule has 2 aromatic heterocycles. The molecule has 1 amide bonds. The summed E-state index contributed by atoms with van der Waals surface area (Å²) in [5.41, 5.74) is 0.487. The summed E-state index contributed by atoms with van der Waals surface area (Å²) in [4.78, 5) is 19.4. The summed E-state index contributed by atoms with van der Waals surface area (Å²) < 4.78 is 1.70. The van der Waals surface area contributed by atoms with E-state index in [-0.39, 0.29) is 11.9 Å². The van der Waals surface area contributed by atoms with Crippen molar-refractivity contribution in [3.63, 3.8) is 0 Å². The van der Waals surface area contributed by atoms with Gasteiger partial charge in [-0.05, 0) is 51.3 Å². The molecule has 3 heterocycles. The number of carbonyl (C=O) groups is 1. The van der Waals surface area contributed by atoms with Crippen molar-refractivity contribution >= 4 is 11.7 Å². The van der Waals surface area contributed by atoms with Gasteiger partial charge in [0.1, 0.15) is 11.4 Å². The van der Waals surface area contributed by atoms with Gasteiger partial charge < -0.3 is 10.2 Å². The van der Waals surface area contributed by atoms with Crippen LogP contribution in [0.5, 0.6) is 0 Å². The first kappa shape index (κ1) is 16.5. The van der Waals surface area contributed by atoms with E-state index in [1.807, 2.05) is 39.2 Å². The molecule has 1 fully saturated rings. The number of piperidine rings is 1. The van der Waals surface area contributed by atoms with Gasteiger partial charge in [0.05, 0.1) is 0 Å². The topological polar surface area (TPSA) is 63.1 Å². The van der Waals surface area contributed by atoms with E-state index < -0.39 is 5.54 Å². The molecule has 0 saturated carbocycles. The highest BCUT2D eigenvalue weighted by Gasteiger charge is 2.32. The summed E-state index contributed by atoms with van der Waals surface area (Å²) in [6, 6.07) is 6.19. The number of aryl methyl sites for hydroxylation is 1. The van der Waals surface area contributed by atoms with Crippen LogP contribution in [0.4, 0.5) is 5.82 Å². The van der Waals surface area contributed by atoms with Gasteiger partial charge in [-0.25, -0.2) is 4.98 Å². The van der Waals surface area contributed by atoms with Crippen molar-refractivity contribution in [2.24, 2.45) is 0 Å². The molecular weight excluding hydrogens is 302 g/mol. The molecule has 1 saturated heterocycles. The highest BCUT2D eigenvalue weighted by molar-refractivity contribution is 5.83. The largest absolute Gasteiger partial charge is 0.356 e. The zero-order chi connectivity index (χ0) is 17.2. The molecule has 1 N–H and O–H groups in total. The van der Waals surface area contributed by atoms with Crippen molar-refractivity contribution in [1.82, 2.24) is 20.1 Å². The summed E-state index contributed by atoms with van der Waals surface area (Å²) in [6.45, 7) is 7.63. The number of anilines is 1. The Labute approximate surface area is 142 Å². The van der Waals surface area contributed by atoms with Crippen LogP contribution in [0.25, 0.3) is 0 Å². The zero-order valence-corrected chi connectivity index (χ0v) is 14.6. The molecule has 24 heavy (non-hydrogen) atoms. The van der Waals surface area contributed by atoms with Crippen LogP contribution in [-0.4, -0.2) is 39.8 Å². The van der Waals surface area contributed by atoms with Crippen molar-refractivity contribution < 1.29 is 4.79 Å². The van der Waals surface area contributed by atoms with Gasteiger partial charge >= 0.3 is 0 Å². The molecule has 1 aliphatic rings. The smallest absolute Gasteiger partial charge is 0.247 e. The predicted octanol–water partition coefficient (Wildman–Crippen LogP) is 2.11. The van der Waals surface area contributed by atoms with E-state index in [0.717, 1.165) is 31.7 Å². The molecule has 3 rings (SSSR count). The van der Waals surface area contributed by atoms with Gasteiger partial charge in [0.15, 0.2) is 0 Å². The van der Waals surface area contributed by atoms with E-state index in [4.69, 9.17) is 0 Å². The number of rotatable bonds is 4. The molecule has 0 aliphatic carbocycles. The van der Waals surface area contributed by atoms with Crippen LogP contribution >= 0.6 is 0 Å². The van der Waals surface area contributed by atoms with E-state index in [0.29, 0.717) is 0 Å². The first-order valence-electron chi connectivity index (χ1n) is 8.45. The highest BCUT2D eigenvalue weighted by Crippen LogP contribution is 2.20. The number of aromatic nitrogens is 3. The molecule has 1 aliphatic heterocycles. The lowest BCUT2D eigenvalue weighted by molar-refractivity contribution is -0.129. The minimum atomic E-state index is -0.681. The maximum Gasteiger partial charge on any atom is 0.247 e. The quantitative estimate of drug-likeness (QED) is 0.934. The number of nitrogens with zero attached hydrogens (tertiary/aromatic N) is 4. The Kier molecular flexibility index (Phi) is 4.55. The van der Waals surface area contributed by atoms with Crippen LogP contribution < -0.4 is 10.2 Å². The average molecular weight is 327 g/mol. The summed E-state index contributed by atoms with van der Waals surface area (Å²) >= 11 is 0. The van der Waals surface area contributed by atoms with Gasteiger partial charge in [0.2, 0.25) is 5.91 Å². The van der Waals surface area contributed by atoms with E-state index in [2.05, 4.69) is 32.4 Å². The number of hydrogen-bond donors (Lipinski definition) is 1. The van der Waals surface area contributed by atoms with Crippen LogP contribution in [-0.2, 0) is 10.3 Å². The van der Waals surface area contributed by atoms with Crippen molar-refractivity contribution in [2.45, 2.75) is 45.2 Å². The third-order valence-corrected chi connectivity index (χ3v) is 4.68. The zero-order valence-electron chi connectivity index (χ0n) is 14.6. The summed E-state index contributed by atoms with van der Waals surface area (Å²) in [5, 5.41) is 7.38. The Hall–Kier alpha value is -2.37. The fourth-order valence-corrected chi connectivity index (χ4v) is 2.97. The monoisotopic (exact) mass is 327 g/mol. The van der Waals surface area contributed by atoms with Gasteiger partial charge in [-0.15, -0.1) is 0 Å². The number of pyridine rings is 1. The molecule has 0 atom stereocenters. The van der Waals surface area contributed by atoms with Crippen LogP contribution in [0.3, 0.4) is 0 Å². The molecule has 0 unspecified atom stereocenters. The summed E-state index contributed by atoms with van der Waals surface area (Å²) in [5.74, 6) is 1.03. The SMILES string of the molecule is Cc1ccc(N2CCC(NC(=O)C(C)(C)n3cccn3)CC2)nc1. The van der Waals surface area contributed by atoms with Gasteiger partial charge in [0.25, 0.3) is 0 Å². The molecule has 0 spiro atoms. The summed E-state index contributed by atoms with van der Waals surface area (Å²) in [6.07, 6.45) is 7.27. The third kappa shape index (κ3) is 3.42. The van der Waals surface area contributed by atoms with Gasteiger partial charge in [-0.3, -0.25) is 9.48 Å². The van der Waals surface area contributed by atoms with Crippen LogP contribution in [0.15, 0.2) is 36.8 Å². The summed E-state index contributed by atoms with van der Waals surface area (Å²) in [7, 11) is 0. The van der Waals surface area contributed by atoms with Crippen LogP contribution in [0, 0.1) is 6.92 Å². The molecule has 0 aromatic carbocycles. The Morgan fingerprint density at radius 2 is 2.04 bits per heavy atom. The van der Waals surface area contributed by atoms with E-state index >= 15 is 0 Å². The van der Waals surface area contributed by atoms with Crippen molar-refractivity contribution in [2.75, 3.05) is 18.0 Å². The van der Waals surface area contributed by atoms with E-state index in [9.17, 15) is 4.79 Å². The average Bonchev–Trinajstić information content (AvgIpc) is 3.11. The Morgan fingerprint density at radius 3 is 2.62 bits per heavy atom. The predicted molar refractivity (Wildman–Crippen MR) is 93.9 cm³/mol. The lowest BCUT2D eigenvalue weighted by Gasteiger charge is -2.35. The number of amides is 1. The maximum atomic E-state index is 12.6. The molecule has 6 heteroatoms. The van der Waals surface area contributed by atoms with Gasteiger partial charge in [-0.1, -0.05) is 6.07 Å². The Balaban J connectivity index is 1.55. The highest BCUT2D eigenvalue weighted by atomic mass is 16.2. The minimum absolute atomic E-state index is 0.0121. The minimum Gasteiger partial charge on any atom is -0.356 e. The van der Waals surface area contributed by atoms with E-state index in [1.165, 1.54) is 5.56 Å². The van der Waals surface area contributed by atoms with Crippen LogP contribution in [0.1, 0.15) is 32.3 Å². The number of hydrogen-bond acceptors (Lipinski definition) is 4. The fourth-order valence-electron chi connectivity index (χ4n) is 2.97. The molecule has 0 bridgehead atoms. The van der Waals surface area contributed by atoms with Crippen molar-refractivity contribution in [3.8, 4) is 0 Å². The molecular formula is C18H25N5O. The maximum absolute atomic E-state index is 12.6. The van der Waals surface area contributed by atoms with Crippen LogP contribution in [0.2, 0.25) is 0 Å². The van der Waals surface area contributed by atoms with Gasteiger partial charge in [0, 0.05) is 37.7 Å². The van der Waals surface area contributed by atoms with Crippen molar-refractivity contribution in [1.29, 1.82) is 0 Å². The second-order valence-electron chi connectivity index (χ2n) is 6.94. The van der Waals surface area contributed by atoms with E-state index in [1.54, 1.807) is 10.9 Å². The normalized spacial score (nSPS) is 16.2. The molecule has 6 nitrogen and oxygen atoms in total. The number of nitrogens with one attached hydrogen (secondary N) is 1. The third-order valence-electron chi connectivity index (χ3n) is 4.68. The first-order valence-corrected chi connectivity index (χ1v) is 8.45. The molecule has 128 valence electrons. The fraction of sp³-hybridized carbons (Fsp3) is 0.500. The standard InChI is InChI=1S/C18H25N5O/c1-14-5-6-16(19-13-14)22-11-7-15(8-12-22)21-17(24)18(2,3)23-10-4-9-20-23/h4-6,9-10,13,15H,7-8,11-12H2,1-3H3,(H,21,24). The first-order chi connectivity index (χ1) is 11.5. The Morgan fingerprint density at radius 1 is 1.29 bits per heavy atom. The van der Waals surface area contributed by atoms with Gasteiger partial charge in [-0.2, -0.15) is 5.10 Å². The molecule has 2 aromatic rings. The molecule has 0 radical (unpaired) electrons. The Bertz CT molecular complexity index is 670. The number of carbonyl (C=O) groups excluding carboxylic acids is 1. The van der Waals surface area contributed by atoms with Crippen molar-refractivity contribution in [3.05, 3.63) is 42.4 Å².